The predicted octanol–water partition coefficient (Wildman–Crippen LogP) is 1.60. The van der Waals surface area contributed by atoms with Gasteiger partial charge < -0.3 is 15.1 Å². The van der Waals surface area contributed by atoms with E-state index in [4.69, 9.17) is 4.42 Å². The van der Waals surface area contributed by atoms with Crippen molar-refractivity contribution in [3.63, 3.8) is 0 Å². The van der Waals surface area contributed by atoms with Crippen LogP contribution in [0, 0.1) is 6.92 Å². The highest BCUT2D eigenvalue weighted by Crippen LogP contribution is 2.16. The van der Waals surface area contributed by atoms with Crippen molar-refractivity contribution in [3.05, 3.63) is 47.4 Å². The molecular formula is C19H21N5O3S. The molecule has 1 aliphatic rings. The van der Waals surface area contributed by atoms with Gasteiger partial charge in [-0.05, 0) is 36.8 Å². The second-order valence-corrected chi connectivity index (χ2v) is 7.39. The van der Waals surface area contributed by atoms with Crippen LogP contribution >= 0.6 is 11.7 Å². The summed E-state index contributed by atoms with van der Waals surface area (Å²) >= 11 is 1.17. The standard InChI is InChI=1S/C19H21N5O3S/c1-12-2-4-14(27-12)11-24-7-6-20-19(26)17(24)9-18(25)21-10-13-3-5-15-16(8-13)23-28-22-15/h2-5,8,17H,6-7,9-11H2,1H3,(H,20,26)(H,21,25)/t17-/m1/s1. The van der Waals surface area contributed by atoms with Gasteiger partial charge in [0.05, 0.1) is 30.7 Å². The van der Waals surface area contributed by atoms with Crippen molar-refractivity contribution in [2.75, 3.05) is 13.1 Å². The zero-order chi connectivity index (χ0) is 19.5. The Morgan fingerprint density at radius 3 is 3.00 bits per heavy atom. The molecule has 1 fully saturated rings. The minimum atomic E-state index is -0.510. The predicted molar refractivity (Wildman–Crippen MR) is 105 cm³/mol. The summed E-state index contributed by atoms with van der Waals surface area (Å²) in [6, 6.07) is 9.02. The summed E-state index contributed by atoms with van der Waals surface area (Å²) in [6.45, 7) is 4.02. The number of carbonyl (C=O) groups excluding carboxylic acids is 2. The van der Waals surface area contributed by atoms with Crippen molar-refractivity contribution in [1.29, 1.82) is 0 Å². The lowest BCUT2D eigenvalue weighted by molar-refractivity contribution is -0.134. The molecule has 8 nitrogen and oxygen atoms in total. The van der Waals surface area contributed by atoms with Gasteiger partial charge in [0.1, 0.15) is 22.6 Å². The first kappa shape index (κ1) is 18.6. The van der Waals surface area contributed by atoms with Crippen LogP contribution < -0.4 is 10.6 Å². The Balaban J connectivity index is 1.36. The number of piperazine rings is 1. The first-order valence-electron chi connectivity index (χ1n) is 9.13. The molecular weight excluding hydrogens is 378 g/mol. The van der Waals surface area contributed by atoms with E-state index in [2.05, 4.69) is 19.4 Å². The summed E-state index contributed by atoms with van der Waals surface area (Å²) < 4.78 is 14.0. The SMILES string of the molecule is Cc1ccc(CN2CCNC(=O)[C@H]2CC(=O)NCc2ccc3nsnc3c2)o1. The largest absolute Gasteiger partial charge is 0.465 e. The average Bonchev–Trinajstić information content (AvgIpc) is 3.31. The average molecular weight is 399 g/mol. The first-order valence-corrected chi connectivity index (χ1v) is 9.86. The smallest absolute Gasteiger partial charge is 0.237 e. The van der Waals surface area contributed by atoms with Crippen molar-refractivity contribution >= 4 is 34.6 Å². The fraction of sp³-hybridized carbons (Fsp3) is 0.368. The van der Waals surface area contributed by atoms with Crippen LogP contribution in [0.5, 0.6) is 0 Å². The van der Waals surface area contributed by atoms with Gasteiger partial charge in [0.25, 0.3) is 0 Å². The second kappa shape index (κ2) is 8.07. The number of rotatable bonds is 6. The van der Waals surface area contributed by atoms with E-state index in [0.717, 1.165) is 28.1 Å². The Morgan fingerprint density at radius 2 is 2.18 bits per heavy atom. The number of nitrogens with one attached hydrogen (secondary N) is 2. The highest BCUT2D eigenvalue weighted by Gasteiger charge is 2.32. The Kier molecular flexibility index (Phi) is 5.36. The van der Waals surface area contributed by atoms with Gasteiger partial charge in [0, 0.05) is 19.6 Å². The molecule has 0 aliphatic carbocycles. The third-order valence-corrected chi connectivity index (χ3v) is 5.34. The summed E-state index contributed by atoms with van der Waals surface area (Å²) in [5, 5.41) is 5.74. The maximum Gasteiger partial charge on any atom is 0.237 e. The molecule has 146 valence electrons. The van der Waals surface area contributed by atoms with Gasteiger partial charge in [-0.25, -0.2) is 0 Å². The number of benzene rings is 1. The third-order valence-electron chi connectivity index (χ3n) is 4.78. The molecule has 3 aromatic rings. The number of aromatic nitrogens is 2. The molecule has 0 bridgehead atoms. The quantitative estimate of drug-likeness (QED) is 0.653. The molecule has 4 rings (SSSR count). The topological polar surface area (TPSA) is 100 Å². The van der Waals surface area contributed by atoms with E-state index in [0.29, 0.717) is 26.2 Å². The normalized spacial score (nSPS) is 17.6. The highest BCUT2D eigenvalue weighted by atomic mass is 32.1. The van der Waals surface area contributed by atoms with Crippen LogP contribution in [0.15, 0.2) is 34.7 Å². The molecule has 2 amide bonds. The molecule has 1 atom stereocenters. The van der Waals surface area contributed by atoms with Gasteiger partial charge in [0.2, 0.25) is 11.8 Å². The lowest BCUT2D eigenvalue weighted by Gasteiger charge is -2.34. The fourth-order valence-electron chi connectivity index (χ4n) is 3.33. The van der Waals surface area contributed by atoms with Crippen molar-refractivity contribution in [1.82, 2.24) is 24.3 Å². The lowest BCUT2D eigenvalue weighted by Crippen LogP contribution is -2.56. The highest BCUT2D eigenvalue weighted by molar-refractivity contribution is 7.00. The van der Waals surface area contributed by atoms with E-state index in [1.165, 1.54) is 11.7 Å². The summed E-state index contributed by atoms with van der Waals surface area (Å²) in [6.07, 6.45) is 0.103. The zero-order valence-corrected chi connectivity index (χ0v) is 16.3. The Hall–Kier alpha value is -2.78. The number of amides is 2. The monoisotopic (exact) mass is 399 g/mol. The van der Waals surface area contributed by atoms with Crippen molar-refractivity contribution < 1.29 is 14.0 Å². The van der Waals surface area contributed by atoms with Crippen LogP contribution in [-0.4, -0.2) is 44.6 Å². The van der Waals surface area contributed by atoms with Crippen LogP contribution in [0.1, 0.15) is 23.5 Å². The van der Waals surface area contributed by atoms with Gasteiger partial charge >= 0.3 is 0 Å². The lowest BCUT2D eigenvalue weighted by atomic mass is 10.1. The zero-order valence-electron chi connectivity index (χ0n) is 15.5. The number of hydrogen-bond acceptors (Lipinski definition) is 7. The molecule has 2 N–H and O–H groups in total. The van der Waals surface area contributed by atoms with E-state index in [-0.39, 0.29) is 18.2 Å². The van der Waals surface area contributed by atoms with E-state index in [9.17, 15) is 9.59 Å². The van der Waals surface area contributed by atoms with Gasteiger partial charge in [0.15, 0.2) is 0 Å². The number of nitrogens with zero attached hydrogens (tertiary/aromatic N) is 3. The number of hydrogen-bond donors (Lipinski definition) is 2. The van der Waals surface area contributed by atoms with Crippen molar-refractivity contribution in [2.24, 2.45) is 0 Å². The molecule has 1 aliphatic heterocycles. The van der Waals surface area contributed by atoms with E-state index < -0.39 is 6.04 Å². The van der Waals surface area contributed by atoms with Gasteiger partial charge in [-0.3, -0.25) is 14.5 Å². The van der Waals surface area contributed by atoms with Gasteiger partial charge in [-0.15, -0.1) is 0 Å². The van der Waals surface area contributed by atoms with E-state index in [1.807, 2.05) is 42.2 Å². The summed E-state index contributed by atoms with van der Waals surface area (Å²) in [7, 11) is 0. The summed E-state index contributed by atoms with van der Waals surface area (Å²) in [4.78, 5) is 26.8. The maximum atomic E-state index is 12.5. The van der Waals surface area contributed by atoms with Crippen molar-refractivity contribution in [3.8, 4) is 0 Å². The molecule has 28 heavy (non-hydrogen) atoms. The first-order chi connectivity index (χ1) is 13.6. The van der Waals surface area contributed by atoms with Gasteiger partial charge in [-0.1, -0.05) is 6.07 Å². The number of furan rings is 1. The molecule has 1 saturated heterocycles. The third kappa shape index (κ3) is 4.20. The maximum absolute atomic E-state index is 12.5. The van der Waals surface area contributed by atoms with Crippen LogP contribution in [-0.2, 0) is 22.7 Å². The van der Waals surface area contributed by atoms with E-state index >= 15 is 0 Å². The molecule has 3 heterocycles. The molecule has 2 aromatic heterocycles. The van der Waals surface area contributed by atoms with Crippen LogP contribution in [0.3, 0.4) is 0 Å². The molecule has 0 spiro atoms. The van der Waals surface area contributed by atoms with E-state index in [1.54, 1.807) is 0 Å². The summed E-state index contributed by atoms with van der Waals surface area (Å²) in [5.74, 6) is 1.33. The number of aryl methyl sites for hydroxylation is 1. The van der Waals surface area contributed by atoms with Crippen LogP contribution in [0.4, 0.5) is 0 Å². The van der Waals surface area contributed by atoms with Gasteiger partial charge in [-0.2, -0.15) is 8.75 Å². The fourth-order valence-corrected chi connectivity index (χ4v) is 3.85. The second-order valence-electron chi connectivity index (χ2n) is 6.86. The molecule has 0 saturated carbocycles. The van der Waals surface area contributed by atoms with Crippen LogP contribution in [0.2, 0.25) is 0 Å². The Morgan fingerprint density at radius 1 is 1.32 bits per heavy atom. The van der Waals surface area contributed by atoms with Crippen LogP contribution in [0.25, 0.3) is 11.0 Å². The minimum absolute atomic E-state index is 0.103. The Labute approximate surface area is 166 Å². The molecule has 1 aromatic carbocycles. The number of fused-ring (bicyclic) bond motifs is 1. The minimum Gasteiger partial charge on any atom is -0.465 e. The number of carbonyl (C=O) groups is 2. The molecule has 0 unspecified atom stereocenters. The molecule has 9 heteroatoms. The molecule has 0 radical (unpaired) electrons. The summed E-state index contributed by atoms with van der Waals surface area (Å²) in [5.41, 5.74) is 2.62. The Bertz CT molecular complexity index is 998. The van der Waals surface area contributed by atoms with Crippen molar-refractivity contribution in [2.45, 2.75) is 32.5 Å².